The molecular weight excluding hydrogens is 568 g/mol. The average molecular weight is 603 g/mol. The molecule has 2 aromatic carbocycles. The standard InChI is InChI=1S/C28H34N4O7S2/c1-3-38-17-16-32-23-11-10-21(27(35)39-4-2)18-24(23)40-28(32)29-25(33)19-41(36,37)20-26(34)31-14-12-30(13-15-31)22-8-6-5-7-9-22/h5-11,18H,3-4,12-17,19-20H2,1-2H3. The average Bonchev–Trinajstić information content (AvgIpc) is 3.29. The number of hydrogen-bond donors (Lipinski definition) is 0. The second-order valence-corrected chi connectivity index (χ2v) is 12.5. The number of thiazole rings is 1. The third kappa shape index (κ3) is 8.02. The summed E-state index contributed by atoms with van der Waals surface area (Å²) in [5, 5.41) is 0. The Hall–Kier alpha value is -3.55. The molecule has 1 aliphatic heterocycles. The topological polar surface area (TPSA) is 128 Å². The molecule has 220 valence electrons. The van der Waals surface area contributed by atoms with Crippen molar-refractivity contribution in [3.63, 3.8) is 0 Å². The maximum atomic E-state index is 12.8. The van der Waals surface area contributed by atoms with Crippen molar-refractivity contribution >= 4 is 54.9 Å². The fraction of sp³-hybridized carbons (Fsp3) is 0.429. The summed E-state index contributed by atoms with van der Waals surface area (Å²) in [5.74, 6) is -3.48. The van der Waals surface area contributed by atoms with E-state index >= 15 is 0 Å². The van der Waals surface area contributed by atoms with Crippen molar-refractivity contribution in [1.82, 2.24) is 9.47 Å². The number of fused-ring (bicyclic) bond motifs is 1. The van der Waals surface area contributed by atoms with E-state index < -0.39 is 39.1 Å². The van der Waals surface area contributed by atoms with Gasteiger partial charge >= 0.3 is 5.97 Å². The quantitative estimate of drug-likeness (QED) is 0.241. The number of para-hydroxylation sites is 1. The fourth-order valence-corrected chi connectivity index (χ4v) is 6.74. The number of nitrogens with zero attached hydrogens (tertiary/aromatic N) is 4. The van der Waals surface area contributed by atoms with E-state index in [9.17, 15) is 22.8 Å². The van der Waals surface area contributed by atoms with Gasteiger partial charge in [-0.1, -0.05) is 29.5 Å². The Bertz CT molecular complexity index is 1560. The van der Waals surface area contributed by atoms with Gasteiger partial charge in [-0.25, -0.2) is 13.2 Å². The molecule has 13 heteroatoms. The molecule has 0 saturated carbocycles. The first-order valence-electron chi connectivity index (χ1n) is 13.4. The third-order valence-corrected chi connectivity index (χ3v) is 8.93. The summed E-state index contributed by atoms with van der Waals surface area (Å²) in [6.07, 6.45) is 0. The van der Waals surface area contributed by atoms with E-state index in [-0.39, 0.29) is 11.4 Å². The Kier molecular flexibility index (Phi) is 10.3. The summed E-state index contributed by atoms with van der Waals surface area (Å²) in [7, 11) is -4.04. The van der Waals surface area contributed by atoms with Gasteiger partial charge < -0.3 is 23.8 Å². The highest BCUT2D eigenvalue weighted by atomic mass is 32.2. The van der Waals surface area contributed by atoms with Crippen LogP contribution in [0, 0.1) is 0 Å². The first-order chi connectivity index (χ1) is 19.7. The van der Waals surface area contributed by atoms with Crippen LogP contribution in [0.25, 0.3) is 10.2 Å². The van der Waals surface area contributed by atoms with Gasteiger partial charge in [0.15, 0.2) is 14.6 Å². The number of hydrogen-bond acceptors (Lipinski definition) is 9. The van der Waals surface area contributed by atoms with Crippen LogP contribution in [-0.4, -0.2) is 93.2 Å². The number of esters is 1. The van der Waals surface area contributed by atoms with Crippen LogP contribution in [0.1, 0.15) is 24.2 Å². The molecule has 3 aromatic rings. The first-order valence-corrected chi connectivity index (χ1v) is 16.1. The highest BCUT2D eigenvalue weighted by molar-refractivity contribution is 7.92. The van der Waals surface area contributed by atoms with Crippen molar-refractivity contribution in [1.29, 1.82) is 0 Å². The highest BCUT2D eigenvalue weighted by Gasteiger charge is 2.27. The number of ether oxygens (including phenoxy) is 2. The van der Waals surface area contributed by atoms with Crippen molar-refractivity contribution < 1.29 is 32.3 Å². The lowest BCUT2D eigenvalue weighted by atomic mass is 10.2. The lowest BCUT2D eigenvalue weighted by Gasteiger charge is -2.36. The molecule has 2 amide bonds. The normalized spacial score (nSPS) is 14.4. The lowest BCUT2D eigenvalue weighted by Crippen LogP contribution is -2.50. The number of carbonyl (C=O) groups is 3. The monoisotopic (exact) mass is 602 g/mol. The Morgan fingerprint density at radius 1 is 0.951 bits per heavy atom. The Morgan fingerprint density at radius 3 is 2.37 bits per heavy atom. The summed E-state index contributed by atoms with van der Waals surface area (Å²) in [6, 6.07) is 14.8. The zero-order valence-electron chi connectivity index (χ0n) is 23.2. The van der Waals surface area contributed by atoms with Crippen LogP contribution in [0.5, 0.6) is 0 Å². The number of sulfone groups is 1. The van der Waals surface area contributed by atoms with E-state index in [1.54, 1.807) is 29.7 Å². The summed E-state index contributed by atoms with van der Waals surface area (Å²) < 4.78 is 38.6. The Morgan fingerprint density at radius 2 is 1.68 bits per heavy atom. The molecule has 1 saturated heterocycles. The van der Waals surface area contributed by atoms with Gasteiger partial charge in [0.25, 0.3) is 5.91 Å². The molecule has 0 N–H and O–H groups in total. The molecule has 0 radical (unpaired) electrons. The summed E-state index contributed by atoms with van der Waals surface area (Å²) in [5.41, 5.74) is 2.14. The van der Waals surface area contributed by atoms with E-state index in [0.717, 1.165) is 22.5 Å². The SMILES string of the molecule is CCOCCn1c(=NC(=O)CS(=O)(=O)CC(=O)N2CCN(c3ccccc3)CC2)sc2cc(C(=O)OCC)ccc21. The van der Waals surface area contributed by atoms with E-state index in [2.05, 4.69) is 9.89 Å². The number of rotatable bonds is 11. The molecule has 1 fully saturated rings. The van der Waals surface area contributed by atoms with Crippen LogP contribution in [0.4, 0.5) is 5.69 Å². The predicted octanol–water partition coefficient (Wildman–Crippen LogP) is 2.11. The molecular formula is C28H34N4O7S2. The first kappa shape index (κ1) is 30.4. The molecule has 0 bridgehead atoms. The summed E-state index contributed by atoms with van der Waals surface area (Å²) in [4.78, 5) is 45.8. The molecule has 0 spiro atoms. The number of anilines is 1. The second-order valence-electron chi connectivity index (χ2n) is 9.38. The number of piperazine rings is 1. The van der Waals surface area contributed by atoms with E-state index in [4.69, 9.17) is 9.47 Å². The smallest absolute Gasteiger partial charge is 0.338 e. The number of benzene rings is 2. The molecule has 1 aromatic heterocycles. The predicted molar refractivity (Wildman–Crippen MR) is 157 cm³/mol. The number of carbonyl (C=O) groups excluding carboxylic acids is 3. The third-order valence-electron chi connectivity index (χ3n) is 6.52. The van der Waals surface area contributed by atoms with Gasteiger partial charge in [0.05, 0.1) is 29.0 Å². The fourth-order valence-electron chi connectivity index (χ4n) is 4.53. The minimum Gasteiger partial charge on any atom is -0.462 e. The lowest BCUT2D eigenvalue weighted by molar-refractivity contribution is -0.128. The Labute approximate surface area is 242 Å². The molecule has 2 heterocycles. The van der Waals surface area contributed by atoms with Crippen molar-refractivity contribution in [2.24, 2.45) is 4.99 Å². The van der Waals surface area contributed by atoms with Crippen molar-refractivity contribution in [3.05, 3.63) is 58.9 Å². The minimum absolute atomic E-state index is 0.242. The zero-order valence-corrected chi connectivity index (χ0v) is 24.8. The van der Waals surface area contributed by atoms with Crippen LogP contribution in [0.3, 0.4) is 0 Å². The van der Waals surface area contributed by atoms with E-state index in [1.165, 1.54) is 4.90 Å². The van der Waals surface area contributed by atoms with Gasteiger partial charge in [0.1, 0.15) is 11.5 Å². The molecule has 41 heavy (non-hydrogen) atoms. The molecule has 0 atom stereocenters. The van der Waals surface area contributed by atoms with Crippen LogP contribution in [-0.2, 0) is 35.4 Å². The minimum atomic E-state index is -4.04. The molecule has 0 aliphatic carbocycles. The molecule has 1 aliphatic rings. The van der Waals surface area contributed by atoms with Gasteiger partial charge in [-0.05, 0) is 44.2 Å². The molecule has 11 nitrogen and oxygen atoms in total. The number of amides is 2. The maximum absolute atomic E-state index is 12.8. The van der Waals surface area contributed by atoms with Crippen molar-refractivity contribution in [2.45, 2.75) is 20.4 Å². The zero-order chi connectivity index (χ0) is 29.4. The van der Waals surface area contributed by atoms with Gasteiger partial charge in [-0.2, -0.15) is 4.99 Å². The van der Waals surface area contributed by atoms with Gasteiger partial charge in [0.2, 0.25) is 5.91 Å². The summed E-state index contributed by atoms with van der Waals surface area (Å²) >= 11 is 1.16. The van der Waals surface area contributed by atoms with Crippen molar-refractivity contribution in [2.75, 3.05) is 62.4 Å². The maximum Gasteiger partial charge on any atom is 0.338 e. The summed E-state index contributed by atoms with van der Waals surface area (Å²) in [6.45, 7) is 7.05. The number of aromatic nitrogens is 1. The highest BCUT2D eigenvalue weighted by Crippen LogP contribution is 2.20. The second kappa shape index (κ2) is 13.9. The largest absolute Gasteiger partial charge is 0.462 e. The van der Waals surface area contributed by atoms with Gasteiger partial charge in [0, 0.05) is 45.0 Å². The van der Waals surface area contributed by atoms with Gasteiger partial charge in [-0.15, -0.1) is 0 Å². The van der Waals surface area contributed by atoms with Crippen LogP contribution >= 0.6 is 11.3 Å². The van der Waals surface area contributed by atoms with Crippen LogP contribution in [0.15, 0.2) is 53.5 Å². The van der Waals surface area contributed by atoms with Crippen LogP contribution < -0.4 is 9.70 Å². The van der Waals surface area contributed by atoms with Crippen LogP contribution in [0.2, 0.25) is 0 Å². The van der Waals surface area contributed by atoms with E-state index in [1.807, 2.05) is 37.3 Å². The molecule has 4 rings (SSSR count). The Balaban J connectivity index is 1.45. The molecule has 0 unspecified atom stereocenters. The van der Waals surface area contributed by atoms with Gasteiger partial charge in [-0.3, -0.25) is 9.59 Å². The van der Waals surface area contributed by atoms with Crippen molar-refractivity contribution in [3.8, 4) is 0 Å². The van der Waals surface area contributed by atoms with E-state index in [0.29, 0.717) is 56.2 Å².